The molecule has 0 aliphatic carbocycles. The second-order valence-corrected chi connectivity index (χ2v) is 11.9. The molecule has 0 radical (unpaired) electrons. The molecule has 44 heavy (non-hydrogen) atoms. The Bertz CT molecular complexity index is 1570. The summed E-state index contributed by atoms with van der Waals surface area (Å²) in [6.07, 6.45) is 2.74. The molecule has 0 spiro atoms. The fraction of sp³-hybridized carbons (Fsp3) is 0.455. The van der Waals surface area contributed by atoms with Crippen LogP contribution in [-0.2, 0) is 27.2 Å². The van der Waals surface area contributed by atoms with E-state index in [9.17, 15) is 4.79 Å². The van der Waals surface area contributed by atoms with Gasteiger partial charge >= 0.3 is 6.01 Å². The normalized spacial score (nSPS) is 20.7. The number of piperazine rings is 1. The van der Waals surface area contributed by atoms with E-state index in [4.69, 9.17) is 42.4 Å². The second-order valence-electron chi connectivity index (χ2n) is 11.5. The Balaban J connectivity index is 1.31. The van der Waals surface area contributed by atoms with Gasteiger partial charge in [0.1, 0.15) is 18.0 Å². The molecule has 3 aromatic rings. The van der Waals surface area contributed by atoms with Crippen molar-refractivity contribution in [2.24, 2.45) is 0 Å². The third kappa shape index (κ3) is 6.32. The van der Waals surface area contributed by atoms with Gasteiger partial charge in [-0.25, -0.2) is 6.57 Å². The van der Waals surface area contributed by atoms with E-state index in [1.807, 2.05) is 19.1 Å². The molecular weight excluding hydrogens is 580 g/mol. The lowest BCUT2D eigenvalue weighted by Crippen LogP contribution is -2.56. The summed E-state index contributed by atoms with van der Waals surface area (Å²) >= 11 is 6.70. The predicted octanol–water partition coefficient (Wildman–Crippen LogP) is 4.54. The molecule has 1 unspecified atom stereocenters. The van der Waals surface area contributed by atoms with E-state index in [0.717, 1.165) is 64.6 Å². The molecule has 2 aromatic carbocycles. The summed E-state index contributed by atoms with van der Waals surface area (Å²) in [5.74, 6) is 0.650. The van der Waals surface area contributed by atoms with Gasteiger partial charge in [0, 0.05) is 49.4 Å². The molecule has 230 valence electrons. The van der Waals surface area contributed by atoms with Crippen molar-refractivity contribution in [2.75, 3.05) is 62.3 Å². The highest BCUT2D eigenvalue weighted by Gasteiger charge is 2.35. The number of rotatable bonds is 9. The van der Waals surface area contributed by atoms with E-state index in [0.29, 0.717) is 45.4 Å². The number of hydrogen-bond acceptors (Lipinski definition) is 8. The smallest absolute Gasteiger partial charge is 0.319 e. The van der Waals surface area contributed by atoms with Gasteiger partial charge < -0.3 is 33.8 Å². The van der Waals surface area contributed by atoms with Crippen LogP contribution in [0.5, 0.6) is 6.01 Å². The van der Waals surface area contributed by atoms with Gasteiger partial charge in [-0.2, -0.15) is 9.97 Å². The average Bonchev–Trinajstić information content (AvgIpc) is 3.57. The van der Waals surface area contributed by atoms with Crippen LogP contribution in [0, 0.1) is 6.57 Å². The summed E-state index contributed by atoms with van der Waals surface area (Å²) in [6.45, 7) is 17.9. The average molecular weight is 617 g/mol. The van der Waals surface area contributed by atoms with E-state index in [-0.39, 0.29) is 30.7 Å². The molecule has 4 heterocycles. The summed E-state index contributed by atoms with van der Waals surface area (Å²) in [7, 11) is 0. The lowest BCUT2D eigenvalue weighted by molar-refractivity contribution is -0.128. The van der Waals surface area contributed by atoms with Crippen molar-refractivity contribution >= 4 is 39.8 Å². The van der Waals surface area contributed by atoms with Gasteiger partial charge in [-0.3, -0.25) is 4.79 Å². The zero-order valence-corrected chi connectivity index (χ0v) is 25.7. The number of anilines is 2. The molecule has 0 N–H and O–H groups in total. The number of halogens is 1. The summed E-state index contributed by atoms with van der Waals surface area (Å²) in [5, 5.41) is 2.83. The second kappa shape index (κ2) is 13.4. The Morgan fingerprint density at radius 3 is 2.84 bits per heavy atom. The maximum Gasteiger partial charge on any atom is 0.319 e. The first-order valence-electron chi connectivity index (χ1n) is 15.1. The molecule has 2 fully saturated rings. The minimum atomic E-state index is -0.269. The number of carbonyl (C=O) groups is 1. The number of fused-ring (bicyclic) bond motifs is 2. The number of benzene rings is 2. The number of carbonyl (C=O) groups excluding carboxylic acids is 1. The number of hydrogen-bond donors (Lipinski definition) is 0. The Kier molecular flexibility index (Phi) is 9.17. The van der Waals surface area contributed by atoms with E-state index < -0.39 is 0 Å². The Morgan fingerprint density at radius 1 is 1.23 bits per heavy atom. The maximum absolute atomic E-state index is 12.6. The molecule has 2 saturated heterocycles. The van der Waals surface area contributed by atoms with Crippen molar-refractivity contribution in [1.29, 1.82) is 0 Å². The minimum Gasteiger partial charge on any atom is -0.458 e. The van der Waals surface area contributed by atoms with Crippen LogP contribution in [0.2, 0.25) is 5.02 Å². The number of ether oxygens (including phenoxy) is 3. The number of amides is 1. The molecule has 1 amide bonds. The molecule has 3 atom stereocenters. The molecule has 3 aliphatic rings. The molecule has 0 saturated carbocycles. The topological polar surface area (TPSA) is 84.6 Å². The van der Waals surface area contributed by atoms with Gasteiger partial charge in [0.15, 0.2) is 0 Å². The lowest BCUT2D eigenvalue weighted by atomic mass is 10.0. The summed E-state index contributed by atoms with van der Waals surface area (Å²) < 4.78 is 17.7. The van der Waals surface area contributed by atoms with E-state index in [1.165, 1.54) is 6.08 Å². The van der Waals surface area contributed by atoms with Crippen molar-refractivity contribution in [1.82, 2.24) is 14.9 Å². The first-order valence-corrected chi connectivity index (χ1v) is 15.5. The highest BCUT2D eigenvalue weighted by atomic mass is 35.5. The van der Waals surface area contributed by atoms with Crippen LogP contribution < -0.4 is 14.5 Å². The lowest BCUT2D eigenvalue weighted by Gasteiger charge is -2.41. The van der Waals surface area contributed by atoms with Crippen molar-refractivity contribution in [2.45, 2.75) is 44.6 Å². The first kappa shape index (κ1) is 30.1. The first-order chi connectivity index (χ1) is 21.4. The van der Waals surface area contributed by atoms with Gasteiger partial charge in [0.2, 0.25) is 12.5 Å². The highest BCUT2D eigenvalue weighted by molar-refractivity contribution is 6.36. The zero-order valence-electron chi connectivity index (χ0n) is 25.0. The SMILES string of the molecule is [C-]#[N+]C[C@H]1CN(c2nc(O[C@@H](C)COC3CCOC3)nc3c2CCN(c2cccc4cccc(Cl)c24)C3)CCN1C(=O)C=C. The monoisotopic (exact) mass is 616 g/mol. The Labute approximate surface area is 263 Å². The van der Waals surface area contributed by atoms with E-state index >= 15 is 0 Å². The van der Waals surface area contributed by atoms with Crippen LogP contribution in [-0.4, -0.2) is 91.6 Å². The van der Waals surface area contributed by atoms with Crippen LogP contribution >= 0.6 is 11.6 Å². The molecule has 0 bridgehead atoms. The number of nitrogens with zero attached hydrogens (tertiary/aromatic N) is 6. The molecule has 10 nitrogen and oxygen atoms in total. The van der Waals surface area contributed by atoms with Crippen LogP contribution in [0.3, 0.4) is 0 Å². The molecular formula is C33H37ClN6O4. The summed E-state index contributed by atoms with van der Waals surface area (Å²) in [5.41, 5.74) is 3.02. The van der Waals surface area contributed by atoms with Crippen molar-refractivity contribution in [3.63, 3.8) is 0 Å². The van der Waals surface area contributed by atoms with Crippen molar-refractivity contribution in [3.05, 3.63) is 76.8 Å². The number of aromatic nitrogens is 2. The van der Waals surface area contributed by atoms with Gasteiger partial charge in [-0.15, -0.1) is 0 Å². The highest BCUT2D eigenvalue weighted by Crippen LogP contribution is 2.37. The fourth-order valence-corrected chi connectivity index (χ4v) is 6.57. The largest absolute Gasteiger partial charge is 0.458 e. The summed E-state index contributed by atoms with van der Waals surface area (Å²) in [4.78, 5) is 32.3. The van der Waals surface area contributed by atoms with Crippen molar-refractivity contribution in [3.8, 4) is 6.01 Å². The summed E-state index contributed by atoms with van der Waals surface area (Å²) in [6, 6.07) is 12.2. The molecule has 6 rings (SSSR count). The van der Waals surface area contributed by atoms with Crippen LogP contribution in [0.1, 0.15) is 24.6 Å². The van der Waals surface area contributed by atoms with Crippen molar-refractivity contribution < 1.29 is 19.0 Å². The van der Waals surface area contributed by atoms with Gasteiger partial charge in [-0.05, 0) is 43.4 Å². The molecule has 3 aliphatic heterocycles. The standard InChI is InChI=1S/C33H37ClN6O4/c1-4-30(41)40-15-14-39(18-24(40)17-35-3)32-26-11-13-38(29-10-6-8-23-7-5-9-27(34)31(23)29)19-28(26)36-33(37-32)44-22(2)20-43-25-12-16-42-21-25/h4-10,22,24-25H,1,11-21H2,2H3/t22-,24-,25?/m0/s1. The predicted molar refractivity (Wildman–Crippen MR) is 170 cm³/mol. The molecule has 1 aromatic heterocycles. The van der Waals surface area contributed by atoms with Crippen LogP contribution in [0.15, 0.2) is 49.1 Å². The third-order valence-corrected chi connectivity index (χ3v) is 8.81. The zero-order chi connectivity index (χ0) is 30.6. The Morgan fingerprint density at radius 2 is 2.07 bits per heavy atom. The Hall–Kier alpha value is -3.91. The maximum atomic E-state index is 12.6. The quantitative estimate of drug-likeness (QED) is 0.256. The third-order valence-electron chi connectivity index (χ3n) is 8.50. The van der Waals surface area contributed by atoms with Crippen LogP contribution in [0.4, 0.5) is 11.5 Å². The van der Waals surface area contributed by atoms with Gasteiger partial charge in [-0.1, -0.05) is 42.4 Å². The van der Waals surface area contributed by atoms with Crippen LogP contribution in [0.25, 0.3) is 15.6 Å². The van der Waals surface area contributed by atoms with Gasteiger partial charge in [0.25, 0.3) is 0 Å². The molecule has 11 heteroatoms. The van der Waals surface area contributed by atoms with E-state index in [2.05, 4.69) is 45.5 Å². The minimum absolute atomic E-state index is 0.0797. The van der Waals surface area contributed by atoms with E-state index in [1.54, 1.807) is 4.90 Å². The fourth-order valence-electron chi connectivity index (χ4n) is 6.29. The van der Waals surface area contributed by atoms with Gasteiger partial charge in [0.05, 0.1) is 36.6 Å².